The first-order valence-corrected chi connectivity index (χ1v) is 7.77. The van der Waals surface area contributed by atoms with Crippen LogP contribution in [0.4, 0.5) is 5.69 Å². The highest BCUT2D eigenvalue weighted by Gasteiger charge is 2.20. The van der Waals surface area contributed by atoms with Crippen LogP contribution >= 0.6 is 11.3 Å². The van der Waals surface area contributed by atoms with E-state index in [1.54, 1.807) is 23.5 Å². The van der Waals surface area contributed by atoms with Crippen LogP contribution in [0.2, 0.25) is 0 Å². The summed E-state index contributed by atoms with van der Waals surface area (Å²) in [5.41, 5.74) is 2.77. The van der Waals surface area contributed by atoms with Crippen LogP contribution < -0.4 is 5.32 Å². The van der Waals surface area contributed by atoms with Crippen molar-refractivity contribution in [2.45, 2.75) is 25.7 Å². The third-order valence-electron chi connectivity index (χ3n) is 3.70. The number of carboxylic acids is 1. The molecule has 0 aliphatic heterocycles. The number of aromatic carboxylic acids is 1. The van der Waals surface area contributed by atoms with Crippen molar-refractivity contribution in [2.24, 2.45) is 0 Å². The summed E-state index contributed by atoms with van der Waals surface area (Å²) in [6.45, 7) is 0. The van der Waals surface area contributed by atoms with E-state index in [-0.39, 0.29) is 11.5 Å². The molecule has 0 atom stereocenters. The molecule has 0 saturated carbocycles. The fourth-order valence-electron chi connectivity index (χ4n) is 2.58. The lowest BCUT2D eigenvalue weighted by molar-refractivity contribution is 0.0696. The minimum atomic E-state index is -0.972. The Kier molecular flexibility index (Phi) is 3.75. The Balaban J connectivity index is 1.77. The summed E-state index contributed by atoms with van der Waals surface area (Å²) < 4.78 is 0. The molecule has 1 amide bonds. The number of aryl methyl sites for hydroxylation is 1. The topological polar surface area (TPSA) is 66.4 Å². The van der Waals surface area contributed by atoms with Crippen LogP contribution in [-0.4, -0.2) is 17.0 Å². The van der Waals surface area contributed by atoms with Gasteiger partial charge in [-0.25, -0.2) is 4.79 Å². The van der Waals surface area contributed by atoms with Gasteiger partial charge in [0.2, 0.25) is 0 Å². The van der Waals surface area contributed by atoms with Crippen molar-refractivity contribution in [1.29, 1.82) is 0 Å². The SMILES string of the molecule is O=C(O)c1ccc(NC(=O)c2csc3c2CCCC3)cc1. The number of thiophene rings is 1. The first-order chi connectivity index (χ1) is 10.1. The summed E-state index contributed by atoms with van der Waals surface area (Å²) in [5, 5.41) is 13.6. The Bertz CT molecular complexity index is 688. The molecule has 21 heavy (non-hydrogen) atoms. The van der Waals surface area contributed by atoms with Crippen molar-refractivity contribution in [1.82, 2.24) is 0 Å². The van der Waals surface area contributed by atoms with Crippen molar-refractivity contribution < 1.29 is 14.7 Å². The van der Waals surface area contributed by atoms with Gasteiger partial charge in [0.15, 0.2) is 0 Å². The first kappa shape index (κ1) is 13.8. The summed E-state index contributed by atoms with van der Waals surface area (Å²) >= 11 is 1.66. The van der Waals surface area contributed by atoms with Crippen LogP contribution in [-0.2, 0) is 12.8 Å². The van der Waals surface area contributed by atoms with Crippen molar-refractivity contribution >= 4 is 28.9 Å². The lowest BCUT2D eigenvalue weighted by Crippen LogP contribution is -2.14. The molecule has 1 aliphatic rings. The number of carboxylic acid groups (broad SMARTS) is 1. The third-order valence-corrected chi connectivity index (χ3v) is 4.78. The predicted molar refractivity (Wildman–Crippen MR) is 82.3 cm³/mol. The standard InChI is InChI=1S/C16H15NO3S/c18-15(13-9-21-14-4-2-1-3-12(13)14)17-11-7-5-10(6-8-11)16(19)20/h5-9H,1-4H2,(H,17,18)(H,19,20). The van der Waals surface area contributed by atoms with Crippen molar-refractivity contribution in [3.8, 4) is 0 Å². The quantitative estimate of drug-likeness (QED) is 0.910. The van der Waals surface area contributed by atoms with Crippen molar-refractivity contribution in [3.05, 3.63) is 51.2 Å². The smallest absolute Gasteiger partial charge is 0.335 e. The van der Waals surface area contributed by atoms with E-state index < -0.39 is 5.97 Å². The zero-order valence-electron chi connectivity index (χ0n) is 11.4. The van der Waals surface area contributed by atoms with Gasteiger partial charge in [0.25, 0.3) is 5.91 Å². The minimum Gasteiger partial charge on any atom is -0.478 e. The molecule has 2 N–H and O–H groups in total. The Labute approximate surface area is 126 Å². The summed E-state index contributed by atoms with van der Waals surface area (Å²) in [6.07, 6.45) is 4.38. The molecule has 1 heterocycles. The van der Waals surface area contributed by atoms with Crippen molar-refractivity contribution in [3.63, 3.8) is 0 Å². The number of hydrogen-bond donors (Lipinski definition) is 2. The molecule has 5 heteroatoms. The van der Waals surface area contributed by atoms with E-state index in [1.165, 1.54) is 29.0 Å². The molecule has 0 spiro atoms. The van der Waals surface area contributed by atoms with Gasteiger partial charge >= 0.3 is 5.97 Å². The number of benzene rings is 1. The Hall–Kier alpha value is -2.14. The van der Waals surface area contributed by atoms with Gasteiger partial charge in [-0.05, 0) is 55.5 Å². The molecule has 0 unspecified atom stereocenters. The van der Waals surface area contributed by atoms with E-state index in [9.17, 15) is 9.59 Å². The number of hydrogen-bond acceptors (Lipinski definition) is 3. The summed E-state index contributed by atoms with van der Waals surface area (Å²) in [5.74, 6) is -1.09. The summed E-state index contributed by atoms with van der Waals surface area (Å²) in [4.78, 5) is 24.5. The molecular weight excluding hydrogens is 286 g/mol. The number of nitrogens with one attached hydrogen (secondary N) is 1. The van der Waals surface area contributed by atoms with Gasteiger partial charge < -0.3 is 10.4 Å². The first-order valence-electron chi connectivity index (χ1n) is 6.89. The number of carbonyl (C=O) groups is 2. The van der Waals surface area contributed by atoms with E-state index in [1.807, 2.05) is 5.38 Å². The maximum Gasteiger partial charge on any atom is 0.335 e. The highest BCUT2D eigenvalue weighted by Crippen LogP contribution is 2.30. The Morgan fingerprint density at radius 2 is 1.81 bits per heavy atom. The maximum atomic E-state index is 12.3. The normalized spacial score (nSPS) is 13.5. The predicted octanol–water partition coefficient (Wildman–Crippen LogP) is 3.58. The monoisotopic (exact) mass is 301 g/mol. The lowest BCUT2D eigenvalue weighted by Gasteiger charge is -2.12. The fraction of sp³-hybridized carbons (Fsp3) is 0.250. The molecule has 0 bridgehead atoms. The molecule has 3 rings (SSSR count). The fourth-order valence-corrected chi connectivity index (χ4v) is 3.70. The van der Waals surface area contributed by atoms with Crippen LogP contribution in [0.1, 0.15) is 44.0 Å². The molecular formula is C16H15NO3S. The van der Waals surface area contributed by atoms with Crippen molar-refractivity contribution in [2.75, 3.05) is 5.32 Å². The molecule has 4 nitrogen and oxygen atoms in total. The number of amides is 1. The second-order valence-electron chi connectivity index (χ2n) is 5.09. The summed E-state index contributed by atoms with van der Waals surface area (Å²) in [6, 6.07) is 6.20. The highest BCUT2D eigenvalue weighted by molar-refractivity contribution is 7.10. The van der Waals surface area contributed by atoms with E-state index in [0.717, 1.165) is 24.8 Å². The van der Waals surface area contributed by atoms with E-state index >= 15 is 0 Å². The molecule has 108 valence electrons. The molecule has 1 aromatic heterocycles. The van der Waals surface area contributed by atoms with E-state index in [4.69, 9.17) is 5.11 Å². The zero-order valence-corrected chi connectivity index (χ0v) is 12.2. The number of anilines is 1. The van der Waals surface area contributed by atoms with Gasteiger partial charge in [0.1, 0.15) is 0 Å². The number of fused-ring (bicyclic) bond motifs is 1. The Morgan fingerprint density at radius 1 is 1.10 bits per heavy atom. The van der Waals surface area contributed by atoms with Crippen LogP contribution in [0.15, 0.2) is 29.6 Å². The molecule has 0 radical (unpaired) electrons. The maximum absolute atomic E-state index is 12.3. The Morgan fingerprint density at radius 3 is 2.52 bits per heavy atom. The van der Waals surface area contributed by atoms with Gasteiger partial charge in [0.05, 0.1) is 11.1 Å². The zero-order chi connectivity index (χ0) is 14.8. The third kappa shape index (κ3) is 2.83. The van der Waals surface area contributed by atoms with Crippen LogP contribution in [0.3, 0.4) is 0 Å². The lowest BCUT2D eigenvalue weighted by atomic mass is 9.95. The number of carbonyl (C=O) groups excluding carboxylic acids is 1. The van der Waals surface area contributed by atoms with Crippen LogP contribution in [0.5, 0.6) is 0 Å². The molecule has 1 aromatic carbocycles. The van der Waals surface area contributed by atoms with Gasteiger partial charge in [-0.1, -0.05) is 0 Å². The number of rotatable bonds is 3. The molecule has 0 fully saturated rings. The van der Waals surface area contributed by atoms with E-state index in [0.29, 0.717) is 5.69 Å². The minimum absolute atomic E-state index is 0.113. The van der Waals surface area contributed by atoms with Gasteiger partial charge in [-0.2, -0.15) is 0 Å². The molecule has 0 saturated heterocycles. The second kappa shape index (κ2) is 5.69. The van der Waals surface area contributed by atoms with Gasteiger partial charge in [-0.3, -0.25) is 4.79 Å². The van der Waals surface area contributed by atoms with Gasteiger partial charge in [-0.15, -0.1) is 11.3 Å². The average Bonchev–Trinajstić information content (AvgIpc) is 2.92. The molecule has 2 aromatic rings. The molecule has 1 aliphatic carbocycles. The highest BCUT2D eigenvalue weighted by atomic mass is 32.1. The van der Waals surface area contributed by atoms with Gasteiger partial charge in [0, 0.05) is 15.9 Å². The second-order valence-corrected chi connectivity index (χ2v) is 6.06. The van der Waals surface area contributed by atoms with Crippen LogP contribution in [0.25, 0.3) is 0 Å². The van der Waals surface area contributed by atoms with Crippen LogP contribution in [0, 0.1) is 0 Å². The largest absolute Gasteiger partial charge is 0.478 e. The van der Waals surface area contributed by atoms with E-state index in [2.05, 4.69) is 5.32 Å². The summed E-state index contributed by atoms with van der Waals surface area (Å²) in [7, 11) is 0. The average molecular weight is 301 g/mol.